The fraction of sp³-hybridized carbons (Fsp3) is 0.267. The largest absolute Gasteiger partial charge is 0.396 e. The average Bonchev–Trinajstić information content (AvgIpc) is 2.53. The molecule has 0 aliphatic carbocycles. The van der Waals surface area contributed by atoms with E-state index in [1.54, 1.807) is 4.57 Å². The van der Waals surface area contributed by atoms with Gasteiger partial charge in [-0.15, -0.1) is 0 Å². The lowest BCUT2D eigenvalue weighted by atomic mass is 9.94. The van der Waals surface area contributed by atoms with Crippen molar-refractivity contribution in [2.45, 2.75) is 20.8 Å². The number of aromatic nitrogens is 1. The van der Waals surface area contributed by atoms with Gasteiger partial charge in [0.15, 0.2) is 0 Å². The molecule has 2 aromatic rings. The van der Waals surface area contributed by atoms with Gasteiger partial charge in [0.2, 0.25) is 0 Å². The number of aryl methyl sites for hydroxylation is 4. The molecule has 1 heterocycles. The van der Waals surface area contributed by atoms with Crippen molar-refractivity contribution in [3.63, 3.8) is 0 Å². The van der Waals surface area contributed by atoms with Gasteiger partial charge in [-0.3, -0.25) is 0 Å². The zero-order chi connectivity index (χ0) is 13.4. The summed E-state index contributed by atoms with van der Waals surface area (Å²) < 4.78 is 1.78. The van der Waals surface area contributed by atoms with Crippen molar-refractivity contribution in [3.05, 3.63) is 40.7 Å². The Balaban J connectivity index is 2.75. The highest BCUT2D eigenvalue weighted by Crippen LogP contribution is 2.34. The van der Waals surface area contributed by atoms with Crippen LogP contribution in [-0.4, -0.2) is 4.57 Å². The van der Waals surface area contributed by atoms with Gasteiger partial charge in [0, 0.05) is 18.8 Å². The molecule has 2 N–H and O–H groups in total. The monoisotopic (exact) mass is 239 g/mol. The Labute approximate surface area is 107 Å². The number of hydrogen-bond acceptors (Lipinski definition) is 2. The van der Waals surface area contributed by atoms with Crippen molar-refractivity contribution in [2.24, 2.45) is 7.05 Å². The Morgan fingerprint density at radius 3 is 2.17 bits per heavy atom. The quantitative estimate of drug-likeness (QED) is 0.831. The zero-order valence-corrected chi connectivity index (χ0v) is 11.2. The van der Waals surface area contributed by atoms with Crippen LogP contribution in [0.1, 0.15) is 22.4 Å². The second-order valence-electron chi connectivity index (χ2n) is 4.80. The molecule has 0 saturated heterocycles. The Bertz CT molecular complexity index is 634. The van der Waals surface area contributed by atoms with E-state index in [0.29, 0.717) is 11.4 Å². The van der Waals surface area contributed by atoms with Gasteiger partial charge in [0.25, 0.3) is 0 Å². The molecule has 1 aromatic carbocycles. The van der Waals surface area contributed by atoms with Crippen LogP contribution in [0.5, 0.6) is 0 Å². The lowest BCUT2D eigenvalue weighted by Gasteiger charge is -2.10. The lowest BCUT2D eigenvalue weighted by molar-refractivity contribution is 0.910. The first kappa shape index (κ1) is 12.3. The minimum Gasteiger partial charge on any atom is -0.396 e. The van der Waals surface area contributed by atoms with E-state index in [0.717, 1.165) is 11.1 Å². The molecule has 3 nitrogen and oxygen atoms in total. The molecule has 0 unspecified atom stereocenters. The van der Waals surface area contributed by atoms with E-state index in [-0.39, 0.29) is 0 Å². The van der Waals surface area contributed by atoms with E-state index in [4.69, 9.17) is 11.0 Å². The molecular formula is C15H17N3. The summed E-state index contributed by atoms with van der Waals surface area (Å²) in [6, 6.07) is 6.42. The van der Waals surface area contributed by atoms with Crippen LogP contribution in [0.4, 0.5) is 5.69 Å². The minimum absolute atomic E-state index is 0.518. The van der Waals surface area contributed by atoms with Gasteiger partial charge in [-0.25, -0.2) is 0 Å². The highest BCUT2D eigenvalue weighted by molar-refractivity contribution is 5.83. The van der Waals surface area contributed by atoms with Gasteiger partial charge in [-0.2, -0.15) is 5.26 Å². The lowest BCUT2D eigenvalue weighted by Crippen LogP contribution is -1.94. The summed E-state index contributed by atoms with van der Waals surface area (Å²) >= 11 is 0. The molecule has 0 saturated carbocycles. The van der Waals surface area contributed by atoms with Crippen LogP contribution in [0.15, 0.2) is 18.3 Å². The molecule has 0 aliphatic heterocycles. The molecular weight excluding hydrogens is 222 g/mol. The molecule has 0 spiro atoms. The second-order valence-corrected chi connectivity index (χ2v) is 4.80. The van der Waals surface area contributed by atoms with E-state index in [1.807, 2.05) is 13.2 Å². The van der Waals surface area contributed by atoms with Gasteiger partial charge in [0.1, 0.15) is 11.8 Å². The van der Waals surface area contributed by atoms with Gasteiger partial charge in [0.05, 0.1) is 5.69 Å². The summed E-state index contributed by atoms with van der Waals surface area (Å²) in [5, 5.41) is 9.09. The maximum absolute atomic E-state index is 9.09. The predicted octanol–water partition coefficient (Wildman–Crippen LogP) is 3.07. The van der Waals surface area contributed by atoms with E-state index in [2.05, 4.69) is 39.0 Å². The third kappa shape index (κ3) is 1.76. The number of benzene rings is 1. The van der Waals surface area contributed by atoms with Crippen LogP contribution in [0, 0.1) is 32.1 Å². The third-order valence-corrected chi connectivity index (χ3v) is 3.27. The molecule has 1 aromatic heterocycles. The smallest absolute Gasteiger partial charge is 0.143 e. The SMILES string of the molecule is Cc1cc(C)c(-c2cn(C)c(C#N)c2N)c(C)c1. The number of anilines is 1. The molecule has 3 heteroatoms. The number of nitrogens with two attached hydrogens (primary N) is 1. The van der Waals surface area contributed by atoms with Gasteiger partial charge >= 0.3 is 0 Å². The zero-order valence-electron chi connectivity index (χ0n) is 11.2. The fourth-order valence-corrected chi connectivity index (χ4v) is 2.59. The van der Waals surface area contributed by atoms with Crippen LogP contribution in [0.2, 0.25) is 0 Å². The average molecular weight is 239 g/mol. The number of nitrogen functional groups attached to an aromatic ring is 1. The molecule has 2 rings (SSSR count). The van der Waals surface area contributed by atoms with Crippen molar-refractivity contribution in [2.75, 3.05) is 5.73 Å². The number of nitriles is 1. The van der Waals surface area contributed by atoms with Crippen molar-refractivity contribution in [1.82, 2.24) is 4.57 Å². The van der Waals surface area contributed by atoms with Gasteiger partial charge in [-0.1, -0.05) is 17.7 Å². The molecule has 0 radical (unpaired) electrons. The van der Waals surface area contributed by atoms with Crippen molar-refractivity contribution < 1.29 is 0 Å². The summed E-state index contributed by atoms with van der Waals surface area (Å²) in [5.74, 6) is 0. The van der Waals surface area contributed by atoms with E-state index in [9.17, 15) is 0 Å². The summed E-state index contributed by atoms with van der Waals surface area (Å²) in [7, 11) is 1.84. The normalized spacial score (nSPS) is 10.4. The summed E-state index contributed by atoms with van der Waals surface area (Å²) in [5.41, 5.74) is 12.9. The van der Waals surface area contributed by atoms with Crippen molar-refractivity contribution in [3.8, 4) is 17.2 Å². The molecule has 0 fully saturated rings. The fourth-order valence-electron chi connectivity index (χ4n) is 2.59. The third-order valence-electron chi connectivity index (χ3n) is 3.27. The first-order chi connectivity index (χ1) is 8.45. The van der Waals surface area contributed by atoms with Crippen LogP contribution >= 0.6 is 0 Å². The topological polar surface area (TPSA) is 54.7 Å². The first-order valence-corrected chi connectivity index (χ1v) is 5.88. The highest BCUT2D eigenvalue weighted by Gasteiger charge is 2.16. The predicted molar refractivity (Wildman–Crippen MR) is 74.2 cm³/mol. The number of rotatable bonds is 1. The maximum atomic E-state index is 9.09. The molecule has 0 atom stereocenters. The summed E-state index contributed by atoms with van der Waals surface area (Å²) in [6.45, 7) is 6.24. The molecule has 0 aliphatic rings. The Kier molecular flexibility index (Phi) is 2.88. The molecule has 0 amide bonds. The van der Waals surface area contributed by atoms with Crippen molar-refractivity contribution in [1.29, 1.82) is 5.26 Å². The van der Waals surface area contributed by atoms with Crippen LogP contribution in [0.25, 0.3) is 11.1 Å². The second kappa shape index (κ2) is 4.23. The van der Waals surface area contributed by atoms with Crippen LogP contribution in [0.3, 0.4) is 0 Å². The Morgan fingerprint density at radius 2 is 1.72 bits per heavy atom. The molecule has 18 heavy (non-hydrogen) atoms. The molecule has 0 bridgehead atoms. The number of hydrogen-bond donors (Lipinski definition) is 1. The number of nitrogens with zero attached hydrogens (tertiary/aromatic N) is 2. The van der Waals surface area contributed by atoms with Crippen LogP contribution < -0.4 is 5.73 Å². The van der Waals surface area contributed by atoms with E-state index >= 15 is 0 Å². The molecule has 92 valence electrons. The van der Waals surface area contributed by atoms with Crippen LogP contribution in [-0.2, 0) is 7.05 Å². The highest BCUT2D eigenvalue weighted by atomic mass is 15.0. The maximum Gasteiger partial charge on any atom is 0.143 e. The van der Waals surface area contributed by atoms with Crippen molar-refractivity contribution >= 4 is 5.69 Å². The Morgan fingerprint density at radius 1 is 1.17 bits per heavy atom. The first-order valence-electron chi connectivity index (χ1n) is 5.88. The van der Waals surface area contributed by atoms with Gasteiger partial charge in [-0.05, 0) is 37.5 Å². The van der Waals surface area contributed by atoms with E-state index < -0.39 is 0 Å². The van der Waals surface area contributed by atoms with E-state index in [1.165, 1.54) is 16.7 Å². The summed E-state index contributed by atoms with van der Waals surface area (Å²) in [4.78, 5) is 0. The minimum atomic E-state index is 0.518. The summed E-state index contributed by atoms with van der Waals surface area (Å²) in [6.07, 6.45) is 1.93. The Hall–Kier alpha value is -2.21. The van der Waals surface area contributed by atoms with Gasteiger partial charge < -0.3 is 10.3 Å². The standard InChI is InChI=1S/C15H17N3/c1-9-5-10(2)14(11(3)6-9)12-8-18(4)13(7-16)15(12)17/h5-6,8H,17H2,1-4H3.